The lowest BCUT2D eigenvalue weighted by atomic mass is 9.46. The predicted octanol–water partition coefficient (Wildman–Crippen LogP) is 8.78. The van der Waals surface area contributed by atoms with Gasteiger partial charge in [0.2, 0.25) is 6.29 Å². The number of dihydropyridines is 1. The number of hydrogen-bond acceptors (Lipinski definition) is 16. The molecule has 14 nitrogen and oxygen atoms in total. The Labute approximate surface area is 504 Å². The summed E-state index contributed by atoms with van der Waals surface area (Å²) < 4.78 is 13.7. The quantitative estimate of drug-likeness (QED) is 0.0682. The van der Waals surface area contributed by atoms with Crippen LogP contribution in [-0.4, -0.2) is 114 Å². The van der Waals surface area contributed by atoms with Crippen LogP contribution in [0, 0.1) is 68.5 Å². The number of ketones is 2. The number of Topliss-reactive ketones (excluding diaryl/α,β-unsaturated/α-hetero) is 2. The first kappa shape index (κ1) is 56.7. The van der Waals surface area contributed by atoms with Crippen LogP contribution in [0.15, 0.2) is 119 Å². The zero-order chi connectivity index (χ0) is 58.5. The molecule has 450 valence electrons. The van der Waals surface area contributed by atoms with Gasteiger partial charge in [0.25, 0.3) is 0 Å². The van der Waals surface area contributed by atoms with Crippen molar-refractivity contribution in [3.63, 3.8) is 0 Å². The fourth-order valence-electron chi connectivity index (χ4n) is 21.5. The van der Waals surface area contributed by atoms with E-state index in [0.29, 0.717) is 48.7 Å². The van der Waals surface area contributed by atoms with E-state index in [0.717, 1.165) is 61.9 Å². The average Bonchev–Trinajstić information content (AvgIpc) is 1.59. The molecule has 0 aromatic heterocycles. The van der Waals surface area contributed by atoms with Gasteiger partial charge in [-0.1, -0.05) is 94.4 Å². The molecule has 10 bridgehead atoms. The van der Waals surface area contributed by atoms with Crippen LogP contribution in [0.1, 0.15) is 134 Å². The van der Waals surface area contributed by atoms with Crippen molar-refractivity contribution < 1.29 is 59.6 Å². The Bertz CT molecular complexity index is 3370. The van der Waals surface area contributed by atoms with E-state index in [-0.39, 0.29) is 89.6 Å². The molecule has 85 heavy (non-hydrogen) atoms. The van der Waals surface area contributed by atoms with Crippen LogP contribution in [0.25, 0.3) is 0 Å². The maximum atomic E-state index is 16.2. The number of carbonyl (C=O) groups excluding carboxylic acids is 3. The zero-order valence-corrected chi connectivity index (χ0v) is 49.8. The molecule has 9 N–H and O–H groups in total. The Morgan fingerprint density at radius 1 is 0.835 bits per heavy atom. The molecular weight excluding hydrogens is 1110 g/mol. The van der Waals surface area contributed by atoms with Crippen molar-refractivity contribution in [2.24, 2.45) is 68.5 Å². The number of allylic oxidation sites excluding steroid dienone is 6. The summed E-state index contributed by atoms with van der Waals surface area (Å²) >= 11 is 0. The summed E-state index contributed by atoms with van der Waals surface area (Å²) in [5.41, 5.74) is -1.22. The summed E-state index contributed by atoms with van der Waals surface area (Å²) in [4.78, 5) is 45.9. The normalized spacial score (nSPS) is 42.8. The number of hydrogen-bond donors (Lipinski definition) is 9. The van der Waals surface area contributed by atoms with Gasteiger partial charge in [0.05, 0.1) is 36.4 Å². The molecule has 3 heterocycles. The number of benzene rings is 3. The highest BCUT2D eigenvalue weighted by molar-refractivity contribution is 8.76. The van der Waals surface area contributed by atoms with Crippen LogP contribution < -0.4 is 15.4 Å². The van der Waals surface area contributed by atoms with Gasteiger partial charge in [-0.15, -0.1) is 0 Å². The molecule has 16 rings (SSSR count). The van der Waals surface area contributed by atoms with Gasteiger partial charge >= 0.3 is 0 Å². The summed E-state index contributed by atoms with van der Waals surface area (Å²) in [5.74, 6) is -2.19. The topological polar surface area (TPSA) is 235 Å². The largest absolute Gasteiger partial charge is 0.511 e. The van der Waals surface area contributed by atoms with E-state index in [1.165, 1.54) is 70.8 Å². The number of nitrogens with one attached hydrogen (secondary N) is 2. The molecule has 0 unspecified atom stereocenters. The minimum Gasteiger partial charge on any atom is -0.511 e. The van der Waals surface area contributed by atoms with Crippen LogP contribution >= 0.6 is 21.6 Å². The fraction of sp³-hybridized carbons (Fsp3) is 0.580. The van der Waals surface area contributed by atoms with Gasteiger partial charge in [-0.3, -0.25) is 9.59 Å². The Hall–Kier alpha value is -4.75. The molecule has 0 amide bonds. The minimum absolute atomic E-state index is 0.00212. The van der Waals surface area contributed by atoms with Crippen molar-refractivity contribution in [1.29, 1.82) is 0 Å². The van der Waals surface area contributed by atoms with Crippen LogP contribution in [0.3, 0.4) is 0 Å². The molecule has 3 aromatic rings. The summed E-state index contributed by atoms with van der Waals surface area (Å²) in [6, 6.07) is 23.0. The Balaban J connectivity index is 0.839. The summed E-state index contributed by atoms with van der Waals surface area (Å²) in [7, 11) is 2.84. The number of rotatable bonds is 10. The minimum atomic E-state index is -2.36. The van der Waals surface area contributed by atoms with E-state index in [1.54, 1.807) is 24.3 Å². The first-order valence-corrected chi connectivity index (χ1v) is 33.9. The lowest BCUT2D eigenvalue weighted by molar-refractivity contribution is -0.392. The summed E-state index contributed by atoms with van der Waals surface area (Å²) in [5, 5.41) is 92.4. The number of carbonyl (C=O) groups is 3. The molecule has 3 aliphatic heterocycles. The van der Waals surface area contributed by atoms with Crippen LogP contribution in [0.2, 0.25) is 0 Å². The first-order valence-electron chi connectivity index (χ1n) is 31.5. The van der Waals surface area contributed by atoms with Crippen molar-refractivity contribution >= 4 is 39.4 Å². The van der Waals surface area contributed by atoms with Crippen molar-refractivity contribution in [2.45, 2.75) is 151 Å². The standard InChI is InChI=1S/C69H80N2O12S2/c72-18-6-13-54-68-51(22-43(23-53(68)76)21-40-9-4-10-42(20-40)32-73)57(77)48-11-5-12-52(56(48)59(68)78)82-61-60(79)69(81)58-45(28-66(37-75,83-61)62(69)80)24-44-25-46-30-65(36-67(46,58)50-26-55(70-31-49(44)50)71-38-84-85-54)35-64(29-47(65)33-74)17-16-63(34-64)15-14-41(27-63)19-39-7-2-1-3-8-39/h1-5,7-12,20,22-23,26,33,41,44-47,51,54,58,60-62,70-73,75-76,79-81H,6,13-19,21,24-25,27-32,34-38H2/t41-,44+,45+,46-,47+,51-,54+,58+,60+,61-,62-,63-,64+,65+,66-,67-,68+,69-/m1/s1. The third-order valence-corrected chi connectivity index (χ3v) is 27.1. The molecule has 1 saturated heterocycles. The van der Waals surface area contributed by atoms with Crippen molar-refractivity contribution in [1.82, 2.24) is 10.6 Å². The van der Waals surface area contributed by atoms with E-state index < -0.39 is 81.2 Å². The number of fused-ring (bicyclic) bond motifs is 2. The highest BCUT2D eigenvalue weighted by atomic mass is 33.1. The maximum absolute atomic E-state index is 16.2. The lowest BCUT2D eigenvalue weighted by Gasteiger charge is -2.65. The molecule has 6 saturated carbocycles. The van der Waals surface area contributed by atoms with Gasteiger partial charge in [-0.05, 0) is 201 Å². The Morgan fingerprint density at radius 2 is 1.65 bits per heavy atom. The van der Waals surface area contributed by atoms with Gasteiger partial charge < -0.3 is 60.6 Å². The molecule has 18 atom stereocenters. The van der Waals surface area contributed by atoms with Gasteiger partial charge in [0, 0.05) is 41.2 Å². The van der Waals surface area contributed by atoms with E-state index in [4.69, 9.17) is 9.47 Å². The highest BCUT2D eigenvalue weighted by Gasteiger charge is 2.79. The van der Waals surface area contributed by atoms with Gasteiger partial charge in [-0.2, -0.15) is 0 Å². The SMILES string of the molecule is O=C[C@@H]1C[C@]2(CC[C@@]3(CC[C@H](Cc4ccccc4)C3)C2)C[C@]12C[C@H]1C[C@@H]3C[C@H]4C[C@]5(CO)O[C@H]6Oc7cccc8c7C(=O)[C@@]7(C(O)=CC(Cc9cccc(CO)c9)=C[C@@H]7C8=O)[C@H](CCCO)SSCNC7=CC(=C3CN7)[C@]1(C2)[C@H]4[C@](O)([C@@H]5O)[C@H]6O. The van der Waals surface area contributed by atoms with Gasteiger partial charge in [-0.25, -0.2) is 0 Å². The monoisotopic (exact) mass is 1190 g/mol. The Morgan fingerprint density at radius 3 is 2.46 bits per heavy atom. The van der Waals surface area contributed by atoms with Crippen LogP contribution in [-0.2, 0) is 29.0 Å². The fourth-order valence-corrected chi connectivity index (χ4v) is 24.4. The second-order valence-corrected chi connectivity index (χ2v) is 31.2. The summed E-state index contributed by atoms with van der Waals surface area (Å²) in [6.45, 7) is -0.549. The molecule has 16 heteroatoms. The van der Waals surface area contributed by atoms with Crippen molar-refractivity contribution in [3.8, 4) is 5.75 Å². The predicted molar refractivity (Wildman–Crippen MR) is 321 cm³/mol. The first-order chi connectivity index (χ1) is 41.1. The smallest absolute Gasteiger partial charge is 0.229 e. The highest BCUT2D eigenvalue weighted by Crippen LogP contribution is 2.80. The number of ether oxygens (including phenoxy) is 2. The van der Waals surface area contributed by atoms with E-state index >= 15 is 9.59 Å². The van der Waals surface area contributed by atoms with Crippen LogP contribution in [0.4, 0.5) is 0 Å². The maximum Gasteiger partial charge on any atom is 0.229 e. The third-order valence-electron chi connectivity index (χ3n) is 24.4. The lowest BCUT2D eigenvalue weighted by Crippen LogP contribution is -2.81. The van der Waals surface area contributed by atoms with Crippen LogP contribution in [0.5, 0.6) is 5.75 Å². The van der Waals surface area contributed by atoms with E-state index in [2.05, 4.69) is 47.0 Å². The number of aldehydes is 1. The number of aliphatic hydroxyl groups is 7. The number of aliphatic hydroxyl groups excluding tert-OH is 6. The summed E-state index contributed by atoms with van der Waals surface area (Å²) in [6.07, 6.45) is 15.0. The molecular formula is C69H80N2O12S2. The van der Waals surface area contributed by atoms with E-state index in [9.17, 15) is 40.5 Å². The zero-order valence-electron chi connectivity index (χ0n) is 48.1. The molecule has 0 radical (unpaired) electrons. The van der Waals surface area contributed by atoms with Crippen molar-refractivity contribution in [2.75, 3.05) is 25.6 Å². The second-order valence-electron chi connectivity index (χ2n) is 28.6. The molecule has 3 aromatic carbocycles. The van der Waals surface area contributed by atoms with Gasteiger partial charge in [0.15, 0.2) is 11.6 Å². The Kier molecular flexibility index (Phi) is 13.8. The molecule has 7 fully saturated rings. The second kappa shape index (κ2) is 20.7. The average molecular weight is 1190 g/mol. The van der Waals surface area contributed by atoms with E-state index in [1.807, 2.05) is 24.3 Å². The van der Waals surface area contributed by atoms with Gasteiger partial charge in [0.1, 0.15) is 46.6 Å². The molecule has 13 aliphatic rings. The third kappa shape index (κ3) is 8.33. The molecule has 10 aliphatic carbocycles. The molecule has 5 spiro atoms. The van der Waals surface area contributed by atoms with Crippen molar-refractivity contribution in [3.05, 3.63) is 147 Å².